The molecule has 1 aromatic heterocycles. The van der Waals surface area contributed by atoms with Crippen LogP contribution in [0.2, 0.25) is 0 Å². The zero-order chi connectivity index (χ0) is 12.3. The summed E-state index contributed by atoms with van der Waals surface area (Å²) < 4.78 is 0.540. The maximum absolute atomic E-state index is 11.9. The maximum atomic E-state index is 11.9. The molecule has 0 saturated carbocycles. The number of pyridine rings is 1. The molecule has 2 rings (SSSR count). The quantitative estimate of drug-likeness (QED) is 0.656. The molecule has 0 aliphatic heterocycles. The van der Waals surface area contributed by atoms with Crippen LogP contribution in [0, 0.1) is 5.92 Å². The highest BCUT2D eigenvalue weighted by atomic mass is 79.9. The van der Waals surface area contributed by atoms with Gasteiger partial charge in [0, 0.05) is 24.8 Å². The lowest BCUT2D eigenvalue weighted by Crippen LogP contribution is -2.33. The first kappa shape index (κ1) is 12.3. The number of aromatic nitrogens is 1. The molecule has 0 bridgehead atoms. The number of hydrogen-bond acceptors (Lipinski definition) is 3. The van der Waals surface area contributed by atoms with Gasteiger partial charge < -0.3 is 10.4 Å². The molecule has 17 heavy (non-hydrogen) atoms. The fourth-order valence-corrected chi connectivity index (χ4v) is 2.25. The second-order valence-corrected chi connectivity index (χ2v) is 4.74. The second kappa shape index (κ2) is 5.42. The van der Waals surface area contributed by atoms with Gasteiger partial charge in [0.15, 0.2) is 0 Å². The van der Waals surface area contributed by atoms with E-state index in [4.69, 9.17) is 5.11 Å². The first-order valence-corrected chi connectivity index (χ1v) is 6.20. The van der Waals surface area contributed by atoms with Crippen LogP contribution in [-0.2, 0) is 0 Å². The van der Waals surface area contributed by atoms with Crippen molar-refractivity contribution in [1.29, 1.82) is 0 Å². The first-order chi connectivity index (χ1) is 8.20. The highest BCUT2D eigenvalue weighted by Gasteiger charge is 2.21. The van der Waals surface area contributed by atoms with Gasteiger partial charge in [-0.05, 0) is 34.5 Å². The van der Waals surface area contributed by atoms with E-state index in [1.807, 2.05) is 12.2 Å². The van der Waals surface area contributed by atoms with E-state index in [1.54, 1.807) is 18.3 Å². The molecule has 0 aromatic carbocycles. The number of hydrogen-bond donors (Lipinski definition) is 2. The van der Waals surface area contributed by atoms with Gasteiger partial charge in [0.25, 0.3) is 5.91 Å². The van der Waals surface area contributed by atoms with Crippen molar-refractivity contribution in [3.63, 3.8) is 0 Å². The number of carbonyl (C=O) groups excluding carboxylic acids is 1. The average Bonchev–Trinajstić information content (AvgIpc) is 2.77. The summed E-state index contributed by atoms with van der Waals surface area (Å²) >= 11 is 3.24. The Morgan fingerprint density at radius 3 is 3.06 bits per heavy atom. The number of nitrogens with zero attached hydrogens (tertiary/aromatic N) is 1. The van der Waals surface area contributed by atoms with Crippen molar-refractivity contribution in [2.75, 3.05) is 6.61 Å². The lowest BCUT2D eigenvalue weighted by molar-refractivity contribution is 0.0940. The highest BCUT2D eigenvalue weighted by Crippen LogP contribution is 2.18. The summed E-state index contributed by atoms with van der Waals surface area (Å²) in [5.41, 5.74) is 0.522. The summed E-state index contributed by atoms with van der Waals surface area (Å²) in [5.74, 6) is -0.00384. The van der Waals surface area contributed by atoms with Crippen molar-refractivity contribution in [2.24, 2.45) is 5.92 Å². The van der Waals surface area contributed by atoms with Crippen molar-refractivity contribution >= 4 is 21.8 Å². The largest absolute Gasteiger partial charge is 0.396 e. The number of rotatable bonds is 3. The van der Waals surface area contributed by atoms with Crippen LogP contribution in [0.25, 0.3) is 0 Å². The van der Waals surface area contributed by atoms with Gasteiger partial charge in [-0.15, -0.1) is 0 Å². The third-order valence-electron chi connectivity index (χ3n) is 2.73. The molecule has 2 N–H and O–H groups in total. The van der Waals surface area contributed by atoms with Crippen LogP contribution >= 0.6 is 15.9 Å². The van der Waals surface area contributed by atoms with E-state index in [0.717, 1.165) is 6.42 Å². The Labute approximate surface area is 108 Å². The molecule has 90 valence electrons. The summed E-state index contributed by atoms with van der Waals surface area (Å²) in [4.78, 5) is 15.9. The van der Waals surface area contributed by atoms with Gasteiger partial charge in [-0.25, -0.2) is 4.98 Å². The molecule has 5 heteroatoms. The van der Waals surface area contributed by atoms with Gasteiger partial charge in [0.05, 0.1) is 5.56 Å². The fraction of sp³-hybridized carbons (Fsp3) is 0.333. The van der Waals surface area contributed by atoms with Gasteiger partial charge in [-0.1, -0.05) is 12.2 Å². The molecule has 0 fully saturated rings. The topological polar surface area (TPSA) is 62.2 Å². The average molecular weight is 297 g/mol. The van der Waals surface area contributed by atoms with Crippen molar-refractivity contribution in [2.45, 2.75) is 12.5 Å². The van der Waals surface area contributed by atoms with Gasteiger partial charge in [0.1, 0.15) is 4.60 Å². The molecule has 0 saturated heterocycles. The van der Waals surface area contributed by atoms with E-state index in [1.165, 1.54) is 0 Å². The van der Waals surface area contributed by atoms with Crippen molar-refractivity contribution < 1.29 is 9.90 Å². The normalized spacial score (nSPS) is 22.7. The predicted molar refractivity (Wildman–Crippen MR) is 67.5 cm³/mol. The van der Waals surface area contributed by atoms with Crippen LogP contribution in [0.4, 0.5) is 0 Å². The number of aliphatic hydroxyl groups is 1. The molecule has 1 aliphatic carbocycles. The predicted octanol–water partition coefficient (Wildman–Crippen LogP) is 1.51. The SMILES string of the molecule is O=C(N[C@@H]1C=C[C@H](CO)C1)c1cccnc1Br. The van der Waals surface area contributed by atoms with E-state index in [9.17, 15) is 4.79 Å². The summed E-state index contributed by atoms with van der Waals surface area (Å²) in [6.07, 6.45) is 6.23. The van der Waals surface area contributed by atoms with E-state index in [2.05, 4.69) is 26.2 Å². The number of amides is 1. The number of nitrogens with one attached hydrogen (secondary N) is 1. The molecule has 1 aliphatic rings. The molecule has 0 unspecified atom stereocenters. The van der Waals surface area contributed by atoms with Crippen LogP contribution in [0.3, 0.4) is 0 Å². The number of carbonyl (C=O) groups is 1. The molecular formula is C12H13BrN2O2. The Balaban J connectivity index is 1.99. The minimum atomic E-state index is -0.154. The van der Waals surface area contributed by atoms with Crippen LogP contribution in [0.5, 0.6) is 0 Å². The highest BCUT2D eigenvalue weighted by molar-refractivity contribution is 9.10. The summed E-state index contributed by atoms with van der Waals surface area (Å²) in [6.45, 7) is 0.124. The van der Waals surface area contributed by atoms with Crippen molar-refractivity contribution in [1.82, 2.24) is 10.3 Å². The molecule has 0 radical (unpaired) electrons. The third kappa shape index (κ3) is 2.92. The van der Waals surface area contributed by atoms with E-state index >= 15 is 0 Å². The molecule has 0 spiro atoms. The van der Waals surface area contributed by atoms with Gasteiger partial charge >= 0.3 is 0 Å². The molecule has 1 amide bonds. The molecular weight excluding hydrogens is 284 g/mol. The zero-order valence-electron chi connectivity index (χ0n) is 9.14. The van der Waals surface area contributed by atoms with Gasteiger partial charge in [-0.2, -0.15) is 0 Å². The molecule has 1 heterocycles. The van der Waals surface area contributed by atoms with Gasteiger partial charge in [-0.3, -0.25) is 4.79 Å². The summed E-state index contributed by atoms with van der Waals surface area (Å²) in [5, 5.41) is 11.9. The minimum absolute atomic E-state index is 0.00763. The van der Waals surface area contributed by atoms with Crippen molar-refractivity contribution in [3.8, 4) is 0 Å². The molecule has 1 aromatic rings. The fourth-order valence-electron chi connectivity index (χ4n) is 1.82. The monoisotopic (exact) mass is 296 g/mol. The Morgan fingerprint density at radius 1 is 1.59 bits per heavy atom. The Hall–Kier alpha value is -1.20. The number of halogens is 1. The van der Waals surface area contributed by atoms with Crippen LogP contribution in [0.1, 0.15) is 16.8 Å². The maximum Gasteiger partial charge on any atom is 0.254 e. The smallest absolute Gasteiger partial charge is 0.254 e. The lowest BCUT2D eigenvalue weighted by atomic mass is 10.1. The Morgan fingerprint density at radius 2 is 2.41 bits per heavy atom. The number of aliphatic hydroxyl groups excluding tert-OH is 1. The first-order valence-electron chi connectivity index (χ1n) is 5.41. The third-order valence-corrected chi connectivity index (χ3v) is 3.36. The molecule has 4 nitrogen and oxygen atoms in total. The second-order valence-electron chi connectivity index (χ2n) is 3.98. The van der Waals surface area contributed by atoms with Crippen LogP contribution < -0.4 is 5.32 Å². The van der Waals surface area contributed by atoms with E-state index < -0.39 is 0 Å². The van der Waals surface area contributed by atoms with Crippen LogP contribution in [-0.4, -0.2) is 28.6 Å². The van der Waals surface area contributed by atoms with E-state index in [-0.39, 0.29) is 24.5 Å². The van der Waals surface area contributed by atoms with Crippen LogP contribution in [0.15, 0.2) is 35.1 Å². The van der Waals surface area contributed by atoms with E-state index in [0.29, 0.717) is 10.2 Å². The zero-order valence-corrected chi connectivity index (χ0v) is 10.7. The summed E-state index contributed by atoms with van der Waals surface area (Å²) in [6, 6.07) is 3.43. The van der Waals surface area contributed by atoms with Gasteiger partial charge in [0.2, 0.25) is 0 Å². The Bertz CT molecular complexity index is 448. The minimum Gasteiger partial charge on any atom is -0.396 e. The van der Waals surface area contributed by atoms with Crippen molar-refractivity contribution in [3.05, 3.63) is 40.6 Å². The summed E-state index contributed by atoms with van der Waals surface area (Å²) in [7, 11) is 0. The standard InChI is InChI=1S/C12H13BrN2O2/c13-11-10(2-1-5-14-11)12(17)15-9-4-3-8(6-9)7-16/h1-5,8-9,16H,6-7H2,(H,15,17)/t8-,9+/m0/s1. The molecule has 2 atom stereocenters. The Kier molecular flexibility index (Phi) is 3.91. The lowest BCUT2D eigenvalue weighted by Gasteiger charge is -2.13.